The molecule has 3 atom stereocenters. The molecule has 0 aromatic rings. The molecule has 0 radical (unpaired) electrons. The van der Waals surface area contributed by atoms with Crippen LogP contribution in [0.1, 0.15) is 187 Å². The summed E-state index contributed by atoms with van der Waals surface area (Å²) in [5.41, 5.74) is 0. The number of quaternary nitrogens is 1. The van der Waals surface area contributed by atoms with Gasteiger partial charge in [0.2, 0.25) is 5.91 Å². The number of hydrogen-bond acceptors (Lipinski definition) is 6. The Balaban J connectivity index is 4.09. The van der Waals surface area contributed by atoms with Crippen molar-refractivity contribution in [3.63, 3.8) is 0 Å². The topological polar surface area (TPSA) is 108 Å². The third-order valence-corrected chi connectivity index (χ3v) is 11.5. The molecule has 0 aliphatic carbocycles. The summed E-state index contributed by atoms with van der Waals surface area (Å²) >= 11 is 0. The van der Waals surface area contributed by atoms with E-state index in [1.807, 2.05) is 27.2 Å². The Labute approximate surface area is 388 Å². The third kappa shape index (κ3) is 47.2. The molecule has 0 spiro atoms. The molecule has 362 valence electrons. The number of carbonyl (C=O) groups excluding carboxylic acids is 1. The van der Waals surface area contributed by atoms with Gasteiger partial charge in [-0.2, -0.15) is 0 Å². The van der Waals surface area contributed by atoms with Crippen LogP contribution in [0.5, 0.6) is 0 Å². The number of aliphatic hydroxyl groups excluding tert-OH is 1. The minimum atomic E-state index is -4.60. The highest BCUT2D eigenvalue weighted by atomic mass is 31.2. The third-order valence-electron chi connectivity index (χ3n) is 10.5. The van der Waals surface area contributed by atoms with Crippen LogP contribution in [0.25, 0.3) is 0 Å². The van der Waals surface area contributed by atoms with Crippen molar-refractivity contribution in [1.29, 1.82) is 0 Å². The minimum absolute atomic E-state index is 0.0131. The number of hydrogen-bond donors (Lipinski definition) is 2. The molecular formula is C54H95N2O6P. The zero-order valence-corrected chi connectivity index (χ0v) is 41.9. The fourth-order valence-electron chi connectivity index (χ4n) is 6.63. The number of rotatable bonds is 44. The van der Waals surface area contributed by atoms with E-state index in [9.17, 15) is 19.4 Å². The van der Waals surface area contributed by atoms with Crippen LogP contribution in [0.3, 0.4) is 0 Å². The lowest BCUT2D eigenvalue weighted by Gasteiger charge is -2.29. The maximum atomic E-state index is 12.9. The molecule has 1 amide bonds. The van der Waals surface area contributed by atoms with E-state index in [1.54, 1.807) is 6.08 Å². The summed E-state index contributed by atoms with van der Waals surface area (Å²) in [4.78, 5) is 25.3. The Kier molecular flexibility index (Phi) is 42.8. The van der Waals surface area contributed by atoms with E-state index in [1.165, 1.54) is 83.5 Å². The first-order valence-electron chi connectivity index (χ1n) is 25.1. The largest absolute Gasteiger partial charge is 0.756 e. The molecule has 0 aromatic carbocycles. The second kappa shape index (κ2) is 44.6. The second-order valence-electron chi connectivity index (χ2n) is 17.7. The van der Waals surface area contributed by atoms with Crippen molar-refractivity contribution in [3.8, 4) is 0 Å². The molecular weight excluding hydrogens is 804 g/mol. The van der Waals surface area contributed by atoms with Gasteiger partial charge in [-0.3, -0.25) is 9.36 Å². The minimum Gasteiger partial charge on any atom is -0.756 e. The van der Waals surface area contributed by atoms with E-state index < -0.39 is 26.6 Å². The van der Waals surface area contributed by atoms with Crippen molar-refractivity contribution in [2.45, 2.75) is 199 Å². The van der Waals surface area contributed by atoms with Gasteiger partial charge in [0.1, 0.15) is 13.2 Å². The zero-order valence-electron chi connectivity index (χ0n) is 41.0. The summed E-state index contributed by atoms with van der Waals surface area (Å²) in [5.74, 6) is -0.218. The number of allylic oxidation sites excluding steroid dienone is 15. The Morgan fingerprint density at radius 2 is 0.937 bits per heavy atom. The van der Waals surface area contributed by atoms with Crippen LogP contribution in [-0.4, -0.2) is 68.5 Å². The molecule has 9 heteroatoms. The highest BCUT2D eigenvalue weighted by molar-refractivity contribution is 7.45. The quantitative estimate of drug-likeness (QED) is 0.0273. The summed E-state index contributed by atoms with van der Waals surface area (Å²) in [6.45, 7) is 4.36. The average molecular weight is 899 g/mol. The normalized spacial score (nSPS) is 15.0. The lowest BCUT2D eigenvalue weighted by atomic mass is 10.0. The molecule has 0 bridgehead atoms. The van der Waals surface area contributed by atoms with Gasteiger partial charge in [0.15, 0.2) is 0 Å². The first-order chi connectivity index (χ1) is 30.5. The molecule has 0 heterocycles. The number of phosphoric ester groups is 1. The molecule has 8 nitrogen and oxygen atoms in total. The lowest BCUT2D eigenvalue weighted by Crippen LogP contribution is -2.45. The van der Waals surface area contributed by atoms with Crippen molar-refractivity contribution >= 4 is 13.7 Å². The molecule has 2 N–H and O–H groups in total. The first-order valence-corrected chi connectivity index (χ1v) is 26.6. The number of phosphoric acid groups is 1. The number of nitrogens with one attached hydrogen (secondary N) is 1. The zero-order chi connectivity index (χ0) is 46.4. The highest BCUT2D eigenvalue weighted by Gasteiger charge is 2.23. The Bertz CT molecular complexity index is 1340. The summed E-state index contributed by atoms with van der Waals surface area (Å²) < 4.78 is 23.2. The number of unbranched alkanes of at least 4 members (excludes halogenated alkanes) is 17. The van der Waals surface area contributed by atoms with Crippen LogP contribution in [0.15, 0.2) is 97.2 Å². The molecule has 0 rings (SSSR count). The predicted molar refractivity (Wildman–Crippen MR) is 269 cm³/mol. The first kappa shape index (κ1) is 60.4. The van der Waals surface area contributed by atoms with Crippen LogP contribution < -0.4 is 10.2 Å². The Hall–Kier alpha value is -2.58. The van der Waals surface area contributed by atoms with Crippen LogP contribution in [0, 0.1) is 0 Å². The van der Waals surface area contributed by atoms with Crippen LogP contribution in [0.4, 0.5) is 0 Å². The summed E-state index contributed by atoms with van der Waals surface area (Å²) in [5, 5.41) is 13.7. The summed E-state index contributed by atoms with van der Waals surface area (Å²) in [6, 6.07) is -0.912. The van der Waals surface area contributed by atoms with E-state index >= 15 is 0 Å². The monoisotopic (exact) mass is 899 g/mol. The molecule has 0 fully saturated rings. The average Bonchev–Trinajstić information content (AvgIpc) is 3.24. The fraction of sp³-hybridized carbons (Fsp3) is 0.685. The van der Waals surface area contributed by atoms with Gasteiger partial charge in [-0.1, -0.05) is 195 Å². The molecule has 0 aliphatic rings. The van der Waals surface area contributed by atoms with Gasteiger partial charge in [-0.15, -0.1) is 0 Å². The van der Waals surface area contributed by atoms with Gasteiger partial charge in [-0.25, -0.2) is 0 Å². The molecule has 63 heavy (non-hydrogen) atoms. The predicted octanol–water partition coefficient (Wildman–Crippen LogP) is 14.1. The van der Waals surface area contributed by atoms with Gasteiger partial charge in [0, 0.05) is 6.42 Å². The number of carbonyl (C=O) groups is 1. The summed E-state index contributed by atoms with van der Waals surface area (Å²) in [6.07, 6.45) is 63.5. The Morgan fingerprint density at radius 3 is 1.41 bits per heavy atom. The van der Waals surface area contributed by atoms with E-state index in [-0.39, 0.29) is 12.5 Å². The summed E-state index contributed by atoms with van der Waals surface area (Å²) in [7, 11) is 1.22. The molecule has 0 aliphatic heterocycles. The van der Waals surface area contributed by atoms with E-state index in [0.29, 0.717) is 17.4 Å². The molecule has 0 aromatic heterocycles. The van der Waals surface area contributed by atoms with Crippen LogP contribution in [0.2, 0.25) is 0 Å². The Morgan fingerprint density at radius 1 is 0.556 bits per heavy atom. The van der Waals surface area contributed by atoms with Gasteiger partial charge in [0.25, 0.3) is 7.82 Å². The number of amides is 1. The number of likely N-dealkylation sites (N-methyl/N-ethyl adjacent to an activating group) is 1. The van der Waals surface area contributed by atoms with Crippen molar-refractivity contribution in [3.05, 3.63) is 97.2 Å². The molecule has 0 saturated heterocycles. The van der Waals surface area contributed by atoms with Crippen LogP contribution in [-0.2, 0) is 18.4 Å². The van der Waals surface area contributed by atoms with Crippen LogP contribution >= 0.6 is 7.82 Å². The maximum absolute atomic E-state index is 12.9. The van der Waals surface area contributed by atoms with E-state index in [0.717, 1.165) is 83.5 Å². The second-order valence-corrected chi connectivity index (χ2v) is 19.1. The van der Waals surface area contributed by atoms with E-state index in [4.69, 9.17) is 9.05 Å². The lowest BCUT2D eigenvalue weighted by molar-refractivity contribution is -0.870. The van der Waals surface area contributed by atoms with Crippen molar-refractivity contribution in [2.24, 2.45) is 0 Å². The SMILES string of the molecule is CC/C=C\C/C=C\C/C=C\C/C=C\C/C=C\CCCCCCCCCCCCCCCCCC(=O)NC(COP(=O)([O-])OCC[N+](C)(C)C)C(O)/C=C/CC/C=C/CC/C=C/CC. The molecule has 0 saturated carbocycles. The van der Waals surface area contributed by atoms with Gasteiger partial charge < -0.3 is 28.8 Å². The van der Waals surface area contributed by atoms with Gasteiger partial charge in [0.05, 0.1) is 39.9 Å². The smallest absolute Gasteiger partial charge is 0.268 e. The molecule has 3 unspecified atom stereocenters. The number of aliphatic hydroxyl groups is 1. The standard InChI is InChI=1S/C54H95N2O6P/c1-6-8-10-12-14-16-18-19-20-21-22-23-24-25-26-27-28-29-30-31-32-33-34-35-36-37-38-40-42-44-46-48-54(58)55-52(51-62-63(59,60)61-50-49-56(3,4)5)53(57)47-45-43-41-39-17-15-13-11-9-7-2/h8-11,14,16-17,19-20,22-23,25-26,39,45,47,52-53,57H,6-7,12-13,15,18,21,24,27-38,40-44,46,48-51H2,1-5H3,(H-,55,58,59,60)/b10-8-,11-9+,16-14-,20-19-,23-22-,26-25-,39-17+,47-45+. The van der Waals surface area contributed by atoms with E-state index in [2.05, 4.69) is 104 Å². The van der Waals surface area contributed by atoms with Gasteiger partial charge >= 0.3 is 0 Å². The van der Waals surface area contributed by atoms with Crippen molar-refractivity contribution < 1.29 is 32.9 Å². The fourth-order valence-corrected chi connectivity index (χ4v) is 7.35. The van der Waals surface area contributed by atoms with Crippen molar-refractivity contribution in [2.75, 3.05) is 40.9 Å². The maximum Gasteiger partial charge on any atom is 0.268 e. The van der Waals surface area contributed by atoms with Crippen molar-refractivity contribution in [1.82, 2.24) is 5.32 Å². The number of nitrogens with zero attached hydrogens (tertiary/aromatic N) is 1. The highest BCUT2D eigenvalue weighted by Crippen LogP contribution is 2.38. The van der Waals surface area contributed by atoms with Gasteiger partial charge in [-0.05, 0) is 83.5 Å².